The molecule has 2 N–H and O–H groups in total. The van der Waals surface area contributed by atoms with Gasteiger partial charge in [-0.1, -0.05) is 6.07 Å². The maximum absolute atomic E-state index is 14.5. The molecular formula is C22H22F2N4O2. The Morgan fingerprint density at radius 3 is 2.53 bits per heavy atom. The molecule has 1 saturated heterocycles. The van der Waals surface area contributed by atoms with Crippen molar-refractivity contribution in [1.29, 1.82) is 0 Å². The van der Waals surface area contributed by atoms with Crippen molar-refractivity contribution in [3.05, 3.63) is 77.6 Å². The maximum atomic E-state index is 14.5. The number of benzene rings is 2. The molecular weight excluding hydrogens is 390 g/mol. The van der Waals surface area contributed by atoms with E-state index >= 15 is 0 Å². The van der Waals surface area contributed by atoms with Gasteiger partial charge in [0.15, 0.2) is 5.69 Å². The standard InChI is InChI=1S/C22H22F2N4O2/c23-16-2-4-17(5-3-16)28-12-9-20(26-28)22(30)25-14-15-1-6-21(19(24)13-15)27-10-7-18(29)8-11-27/h1-6,9,12-13,18,29H,7-8,10-11,14H2,(H,25,30). The molecule has 6 nitrogen and oxygen atoms in total. The molecule has 0 radical (unpaired) electrons. The van der Waals surface area contributed by atoms with Crippen molar-refractivity contribution in [2.75, 3.05) is 18.0 Å². The summed E-state index contributed by atoms with van der Waals surface area (Å²) in [6.45, 7) is 1.40. The minimum absolute atomic E-state index is 0.165. The van der Waals surface area contributed by atoms with Gasteiger partial charge in [0.1, 0.15) is 11.6 Å². The summed E-state index contributed by atoms with van der Waals surface area (Å²) in [4.78, 5) is 14.3. The monoisotopic (exact) mass is 412 g/mol. The summed E-state index contributed by atoms with van der Waals surface area (Å²) in [6.07, 6.45) is 2.56. The summed E-state index contributed by atoms with van der Waals surface area (Å²) in [5.41, 5.74) is 2.00. The number of halogens is 2. The molecule has 0 atom stereocenters. The van der Waals surface area contributed by atoms with Crippen LogP contribution in [0.3, 0.4) is 0 Å². The van der Waals surface area contributed by atoms with Gasteiger partial charge in [-0.2, -0.15) is 5.10 Å². The molecule has 1 aromatic heterocycles. The van der Waals surface area contributed by atoms with Crippen LogP contribution in [0.4, 0.5) is 14.5 Å². The number of aromatic nitrogens is 2. The number of anilines is 1. The lowest BCUT2D eigenvalue weighted by atomic mass is 10.1. The van der Waals surface area contributed by atoms with E-state index in [1.165, 1.54) is 22.9 Å². The second kappa shape index (κ2) is 8.62. The molecule has 4 rings (SSSR count). The normalized spacial score (nSPS) is 14.7. The van der Waals surface area contributed by atoms with E-state index in [0.717, 1.165) is 0 Å². The van der Waals surface area contributed by atoms with Crippen molar-refractivity contribution in [3.8, 4) is 5.69 Å². The molecule has 1 aliphatic heterocycles. The molecule has 2 heterocycles. The van der Waals surface area contributed by atoms with E-state index < -0.39 is 0 Å². The molecule has 0 aliphatic carbocycles. The minimum Gasteiger partial charge on any atom is -0.393 e. The zero-order valence-electron chi connectivity index (χ0n) is 16.3. The lowest BCUT2D eigenvalue weighted by Gasteiger charge is -2.31. The largest absolute Gasteiger partial charge is 0.393 e. The van der Waals surface area contributed by atoms with Crippen LogP contribution >= 0.6 is 0 Å². The van der Waals surface area contributed by atoms with Gasteiger partial charge < -0.3 is 15.3 Å². The van der Waals surface area contributed by atoms with E-state index in [1.807, 2.05) is 4.90 Å². The van der Waals surface area contributed by atoms with Crippen molar-refractivity contribution >= 4 is 11.6 Å². The number of hydrogen-bond acceptors (Lipinski definition) is 4. The van der Waals surface area contributed by atoms with Crippen molar-refractivity contribution < 1.29 is 18.7 Å². The number of piperidine rings is 1. The van der Waals surface area contributed by atoms with Gasteiger partial charge in [-0.15, -0.1) is 0 Å². The predicted octanol–water partition coefficient (Wildman–Crippen LogP) is 3.04. The summed E-state index contributed by atoms with van der Waals surface area (Å²) in [6, 6.07) is 12.2. The minimum atomic E-state index is -0.384. The van der Waals surface area contributed by atoms with Crippen molar-refractivity contribution in [1.82, 2.24) is 15.1 Å². The lowest BCUT2D eigenvalue weighted by molar-refractivity contribution is 0.0945. The van der Waals surface area contributed by atoms with E-state index in [9.17, 15) is 18.7 Å². The van der Waals surface area contributed by atoms with Gasteiger partial charge in [0.05, 0.1) is 17.5 Å². The Kier molecular flexibility index (Phi) is 5.76. The number of carbonyl (C=O) groups excluding carboxylic acids is 1. The maximum Gasteiger partial charge on any atom is 0.272 e. The summed E-state index contributed by atoms with van der Waals surface area (Å²) < 4.78 is 29.1. The number of nitrogens with zero attached hydrogens (tertiary/aromatic N) is 3. The van der Waals surface area contributed by atoms with Gasteiger partial charge in [0, 0.05) is 25.8 Å². The summed E-state index contributed by atoms with van der Waals surface area (Å²) in [7, 11) is 0. The lowest BCUT2D eigenvalue weighted by Crippen LogP contribution is -2.36. The molecule has 8 heteroatoms. The molecule has 30 heavy (non-hydrogen) atoms. The predicted molar refractivity (Wildman–Crippen MR) is 109 cm³/mol. The first-order valence-corrected chi connectivity index (χ1v) is 9.81. The smallest absolute Gasteiger partial charge is 0.272 e. The van der Waals surface area contributed by atoms with Crippen LogP contribution in [0.25, 0.3) is 5.69 Å². The zero-order chi connectivity index (χ0) is 21.1. The molecule has 1 amide bonds. The van der Waals surface area contributed by atoms with E-state index in [2.05, 4.69) is 10.4 Å². The summed E-state index contributed by atoms with van der Waals surface area (Å²) in [5.74, 6) is -1.08. The summed E-state index contributed by atoms with van der Waals surface area (Å²) in [5, 5.41) is 16.5. The highest BCUT2D eigenvalue weighted by molar-refractivity contribution is 5.92. The highest BCUT2D eigenvalue weighted by Crippen LogP contribution is 2.24. The van der Waals surface area contributed by atoms with Crippen LogP contribution in [-0.4, -0.2) is 40.0 Å². The van der Waals surface area contributed by atoms with Crippen molar-refractivity contribution in [2.45, 2.75) is 25.5 Å². The first kappa shape index (κ1) is 20.0. The third-order valence-corrected chi connectivity index (χ3v) is 5.18. The second-order valence-electron chi connectivity index (χ2n) is 7.31. The molecule has 1 aliphatic rings. The Balaban J connectivity index is 1.37. The fraction of sp³-hybridized carbons (Fsp3) is 0.273. The zero-order valence-corrected chi connectivity index (χ0v) is 16.3. The third-order valence-electron chi connectivity index (χ3n) is 5.18. The van der Waals surface area contributed by atoms with Crippen molar-refractivity contribution in [2.24, 2.45) is 0 Å². The number of rotatable bonds is 5. The van der Waals surface area contributed by atoms with Crippen LogP contribution in [0.5, 0.6) is 0 Å². The van der Waals surface area contributed by atoms with Crippen LogP contribution in [-0.2, 0) is 6.54 Å². The molecule has 0 spiro atoms. The SMILES string of the molecule is O=C(NCc1ccc(N2CCC(O)CC2)c(F)c1)c1ccn(-c2ccc(F)cc2)n1. The number of aliphatic hydroxyl groups excluding tert-OH is 1. The molecule has 0 saturated carbocycles. The molecule has 2 aromatic carbocycles. The second-order valence-corrected chi connectivity index (χ2v) is 7.31. The number of amides is 1. The van der Waals surface area contributed by atoms with Crippen LogP contribution < -0.4 is 10.2 Å². The molecule has 0 bridgehead atoms. The van der Waals surface area contributed by atoms with E-state index in [-0.39, 0.29) is 35.9 Å². The molecule has 0 unspecified atom stereocenters. The van der Waals surface area contributed by atoms with Crippen LogP contribution in [0.15, 0.2) is 54.7 Å². The highest BCUT2D eigenvalue weighted by atomic mass is 19.1. The van der Waals surface area contributed by atoms with Crippen molar-refractivity contribution in [3.63, 3.8) is 0 Å². The van der Waals surface area contributed by atoms with E-state index in [4.69, 9.17) is 0 Å². The van der Waals surface area contributed by atoms with Crippen LogP contribution in [0.1, 0.15) is 28.9 Å². The van der Waals surface area contributed by atoms with Gasteiger partial charge in [0.25, 0.3) is 5.91 Å². The summed E-state index contributed by atoms with van der Waals surface area (Å²) >= 11 is 0. The highest BCUT2D eigenvalue weighted by Gasteiger charge is 2.20. The van der Waals surface area contributed by atoms with E-state index in [1.54, 1.807) is 36.5 Å². The fourth-order valence-corrected chi connectivity index (χ4v) is 3.48. The van der Waals surface area contributed by atoms with E-state index in [0.29, 0.717) is 42.9 Å². The van der Waals surface area contributed by atoms with Crippen LogP contribution in [0, 0.1) is 11.6 Å². The number of hydrogen-bond donors (Lipinski definition) is 2. The quantitative estimate of drug-likeness (QED) is 0.676. The molecule has 156 valence electrons. The Labute approximate surface area is 172 Å². The Hall–Kier alpha value is -3.26. The average Bonchev–Trinajstić information content (AvgIpc) is 3.24. The Morgan fingerprint density at radius 1 is 1.10 bits per heavy atom. The first-order chi connectivity index (χ1) is 14.5. The number of nitrogens with one attached hydrogen (secondary N) is 1. The fourth-order valence-electron chi connectivity index (χ4n) is 3.48. The van der Waals surface area contributed by atoms with Gasteiger partial charge in [0.2, 0.25) is 0 Å². The van der Waals surface area contributed by atoms with Gasteiger partial charge >= 0.3 is 0 Å². The van der Waals surface area contributed by atoms with Gasteiger partial charge in [-0.25, -0.2) is 13.5 Å². The topological polar surface area (TPSA) is 70.4 Å². The Morgan fingerprint density at radius 2 is 1.83 bits per heavy atom. The average molecular weight is 412 g/mol. The van der Waals surface area contributed by atoms with Gasteiger partial charge in [-0.05, 0) is 60.9 Å². The van der Waals surface area contributed by atoms with Gasteiger partial charge in [-0.3, -0.25) is 4.79 Å². The number of carbonyl (C=O) groups is 1. The first-order valence-electron chi connectivity index (χ1n) is 9.81. The Bertz CT molecular complexity index is 1030. The molecule has 1 fully saturated rings. The van der Waals surface area contributed by atoms with Crippen LogP contribution in [0.2, 0.25) is 0 Å². The third kappa shape index (κ3) is 4.49. The number of aliphatic hydroxyl groups is 1. The molecule has 3 aromatic rings.